The van der Waals surface area contributed by atoms with Crippen molar-refractivity contribution in [2.75, 3.05) is 32.2 Å². The molecule has 1 fully saturated rings. The summed E-state index contributed by atoms with van der Waals surface area (Å²) in [5, 5.41) is 0. The molecule has 2 rings (SSSR count). The zero-order chi connectivity index (χ0) is 12.3. The molecular formula is C12H19N3OS. The van der Waals surface area contributed by atoms with E-state index in [1.807, 2.05) is 23.9 Å². The van der Waals surface area contributed by atoms with Crippen LogP contribution in [-0.4, -0.2) is 48.1 Å². The lowest BCUT2D eigenvalue weighted by molar-refractivity contribution is 0.232. The summed E-state index contributed by atoms with van der Waals surface area (Å²) in [6.07, 6.45) is 1.77. The smallest absolute Gasteiger partial charge is 0.142 e. The van der Waals surface area contributed by atoms with Crippen LogP contribution < -0.4 is 10.5 Å². The zero-order valence-corrected chi connectivity index (χ0v) is 11.1. The zero-order valence-electron chi connectivity index (χ0n) is 10.3. The largest absolute Gasteiger partial charge is 0.495 e. The monoisotopic (exact) mass is 253 g/mol. The molecule has 0 aliphatic carbocycles. The van der Waals surface area contributed by atoms with Crippen molar-refractivity contribution in [3.8, 4) is 5.75 Å². The van der Waals surface area contributed by atoms with Gasteiger partial charge >= 0.3 is 0 Å². The number of pyridine rings is 1. The molecule has 17 heavy (non-hydrogen) atoms. The molecule has 2 unspecified atom stereocenters. The highest BCUT2D eigenvalue weighted by atomic mass is 32.2. The van der Waals surface area contributed by atoms with Gasteiger partial charge in [-0.25, -0.2) is 0 Å². The summed E-state index contributed by atoms with van der Waals surface area (Å²) in [6.45, 7) is 1.08. The third-order valence-corrected chi connectivity index (χ3v) is 4.24. The number of ether oxygens (including phenoxy) is 1. The van der Waals surface area contributed by atoms with Crippen molar-refractivity contribution >= 4 is 11.8 Å². The quantitative estimate of drug-likeness (QED) is 0.875. The van der Waals surface area contributed by atoms with Crippen molar-refractivity contribution in [3.05, 3.63) is 24.0 Å². The fourth-order valence-electron chi connectivity index (χ4n) is 2.09. The molecule has 2 heterocycles. The predicted molar refractivity (Wildman–Crippen MR) is 71.5 cm³/mol. The first-order valence-electron chi connectivity index (χ1n) is 5.76. The fourth-order valence-corrected chi connectivity index (χ4v) is 3.38. The molecule has 1 aliphatic heterocycles. The molecule has 0 spiro atoms. The van der Waals surface area contributed by atoms with Crippen LogP contribution in [0.3, 0.4) is 0 Å². The molecule has 2 atom stereocenters. The maximum absolute atomic E-state index is 6.34. The van der Waals surface area contributed by atoms with Crippen molar-refractivity contribution in [1.29, 1.82) is 0 Å². The Balaban J connectivity index is 2.20. The van der Waals surface area contributed by atoms with Gasteiger partial charge in [-0.05, 0) is 19.2 Å². The van der Waals surface area contributed by atoms with Gasteiger partial charge in [0.15, 0.2) is 0 Å². The lowest BCUT2D eigenvalue weighted by Crippen LogP contribution is -2.46. The molecule has 2 N–H and O–H groups in total. The molecule has 1 aromatic rings. The second-order valence-electron chi connectivity index (χ2n) is 4.24. The predicted octanol–water partition coefficient (Wildman–Crippen LogP) is 1.14. The van der Waals surface area contributed by atoms with Crippen LogP contribution >= 0.6 is 11.8 Å². The minimum absolute atomic E-state index is 0.0936. The maximum Gasteiger partial charge on any atom is 0.142 e. The van der Waals surface area contributed by atoms with Crippen molar-refractivity contribution in [1.82, 2.24) is 9.88 Å². The number of nitrogens with two attached hydrogens (primary N) is 1. The first kappa shape index (κ1) is 12.7. The minimum atomic E-state index is -0.0936. The van der Waals surface area contributed by atoms with Crippen LogP contribution in [0.2, 0.25) is 0 Å². The minimum Gasteiger partial charge on any atom is -0.495 e. The first-order valence-corrected chi connectivity index (χ1v) is 6.92. The lowest BCUT2D eigenvalue weighted by Gasteiger charge is -2.36. The second kappa shape index (κ2) is 5.71. The van der Waals surface area contributed by atoms with E-state index >= 15 is 0 Å². The number of methoxy groups -OCH3 is 1. The molecule has 5 heteroatoms. The van der Waals surface area contributed by atoms with E-state index < -0.39 is 0 Å². The number of aromatic nitrogens is 1. The van der Waals surface area contributed by atoms with Crippen LogP contribution in [0.4, 0.5) is 0 Å². The van der Waals surface area contributed by atoms with Crippen LogP contribution in [0.15, 0.2) is 18.3 Å². The molecule has 0 saturated carbocycles. The van der Waals surface area contributed by atoms with Crippen LogP contribution in [-0.2, 0) is 0 Å². The van der Waals surface area contributed by atoms with E-state index in [9.17, 15) is 0 Å². The Labute approximate surface area is 107 Å². The number of hydrogen-bond acceptors (Lipinski definition) is 5. The van der Waals surface area contributed by atoms with Crippen molar-refractivity contribution < 1.29 is 4.74 Å². The SMILES string of the molecule is COc1cccnc1C(N)C1CSCCN1C. The number of hydrogen-bond donors (Lipinski definition) is 1. The number of likely N-dealkylation sites (N-methyl/N-ethyl adjacent to an activating group) is 1. The molecule has 1 saturated heterocycles. The van der Waals surface area contributed by atoms with Gasteiger partial charge in [0.25, 0.3) is 0 Å². The molecule has 94 valence electrons. The van der Waals surface area contributed by atoms with Gasteiger partial charge in [0.1, 0.15) is 11.4 Å². The Hall–Kier alpha value is -0.780. The van der Waals surface area contributed by atoms with Gasteiger partial charge in [0, 0.05) is 30.3 Å². The Morgan fingerprint density at radius 3 is 3.18 bits per heavy atom. The standard InChI is InChI=1S/C12H19N3OS/c1-15-6-7-17-8-9(15)11(13)12-10(16-2)4-3-5-14-12/h3-5,9,11H,6-8,13H2,1-2H3. The van der Waals surface area contributed by atoms with Gasteiger partial charge in [-0.15, -0.1) is 0 Å². The normalized spacial score (nSPS) is 23.4. The highest BCUT2D eigenvalue weighted by molar-refractivity contribution is 7.99. The van der Waals surface area contributed by atoms with Gasteiger partial charge in [-0.1, -0.05) is 0 Å². The van der Waals surface area contributed by atoms with E-state index in [0.717, 1.165) is 23.7 Å². The fraction of sp³-hybridized carbons (Fsp3) is 0.583. The average molecular weight is 253 g/mol. The summed E-state index contributed by atoms with van der Waals surface area (Å²) < 4.78 is 5.32. The van der Waals surface area contributed by atoms with Crippen molar-refractivity contribution in [2.24, 2.45) is 5.73 Å². The van der Waals surface area contributed by atoms with Crippen LogP contribution in [0, 0.1) is 0 Å². The van der Waals surface area contributed by atoms with E-state index in [1.54, 1.807) is 13.3 Å². The Bertz CT molecular complexity index is 375. The molecule has 0 radical (unpaired) electrons. The summed E-state index contributed by atoms with van der Waals surface area (Å²) in [6, 6.07) is 4.02. The highest BCUT2D eigenvalue weighted by Crippen LogP contribution is 2.28. The number of thioether (sulfide) groups is 1. The third kappa shape index (κ3) is 2.73. The molecule has 0 bridgehead atoms. The van der Waals surface area contributed by atoms with E-state index in [2.05, 4.69) is 16.9 Å². The molecule has 0 amide bonds. The van der Waals surface area contributed by atoms with Crippen molar-refractivity contribution in [2.45, 2.75) is 12.1 Å². The van der Waals surface area contributed by atoms with Gasteiger partial charge in [-0.2, -0.15) is 11.8 Å². The molecule has 1 aliphatic rings. The summed E-state index contributed by atoms with van der Waals surface area (Å²) in [5.74, 6) is 3.01. The van der Waals surface area contributed by atoms with Crippen molar-refractivity contribution in [3.63, 3.8) is 0 Å². The summed E-state index contributed by atoms with van der Waals surface area (Å²) >= 11 is 1.95. The Kier molecular flexibility index (Phi) is 4.25. The lowest BCUT2D eigenvalue weighted by atomic mass is 10.0. The maximum atomic E-state index is 6.34. The summed E-state index contributed by atoms with van der Waals surface area (Å²) in [7, 11) is 3.78. The molecular weight excluding hydrogens is 234 g/mol. The number of rotatable bonds is 3. The Morgan fingerprint density at radius 1 is 1.65 bits per heavy atom. The van der Waals surface area contributed by atoms with Gasteiger partial charge in [-0.3, -0.25) is 9.88 Å². The van der Waals surface area contributed by atoms with Crippen LogP contribution in [0.25, 0.3) is 0 Å². The van der Waals surface area contributed by atoms with E-state index in [1.165, 1.54) is 5.75 Å². The van der Waals surface area contributed by atoms with Gasteiger partial charge < -0.3 is 10.5 Å². The summed E-state index contributed by atoms with van der Waals surface area (Å²) in [5.41, 5.74) is 7.19. The Morgan fingerprint density at radius 2 is 2.47 bits per heavy atom. The molecule has 0 aromatic carbocycles. The van der Waals surface area contributed by atoms with E-state index in [4.69, 9.17) is 10.5 Å². The number of nitrogens with zero attached hydrogens (tertiary/aromatic N) is 2. The second-order valence-corrected chi connectivity index (χ2v) is 5.39. The topological polar surface area (TPSA) is 51.4 Å². The third-order valence-electron chi connectivity index (χ3n) is 3.19. The first-order chi connectivity index (χ1) is 8.24. The van der Waals surface area contributed by atoms with E-state index in [0.29, 0.717) is 6.04 Å². The van der Waals surface area contributed by atoms with Crippen LogP contribution in [0.5, 0.6) is 5.75 Å². The molecule has 1 aromatic heterocycles. The van der Waals surface area contributed by atoms with Gasteiger partial charge in [0.2, 0.25) is 0 Å². The van der Waals surface area contributed by atoms with Gasteiger partial charge in [0.05, 0.1) is 13.2 Å². The van der Waals surface area contributed by atoms with Crippen LogP contribution in [0.1, 0.15) is 11.7 Å². The average Bonchev–Trinajstić information content (AvgIpc) is 2.38. The van der Waals surface area contributed by atoms with E-state index in [-0.39, 0.29) is 6.04 Å². The highest BCUT2D eigenvalue weighted by Gasteiger charge is 2.29. The molecule has 4 nitrogen and oxygen atoms in total. The summed E-state index contributed by atoms with van der Waals surface area (Å²) in [4.78, 5) is 6.69.